The van der Waals surface area contributed by atoms with Gasteiger partial charge in [-0.25, -0.2) is 9.37 Å². The minimum atomic E-state index is -0.280. The summed E-state index contributed by atoms with van der Waals surface area (Å²) in [5, 5.41) is 1.98. The molecule has 0 aliphatic rings. The molecule has 6 heteroatoms. The average Bonchev–Trinajstić information content (AvgIpc) is 3.10. The Bertz CT molecular complexity index is 942. The lowest BCUT2D eigenvalue weighted by atomic mass is 10.1. The molecular formula is C16H11FN4S. The van der Waals surface area contributed by atoms with Gasteiger partial charge in [0.05, 0.1) is 11.4 Å². The first-order valence-electron chi connectivity index (χ1n) is 6.67. The summed E-state index contributed by atoms with van der Waals surface area (Å²) in [6, 6.07) is 11.9. The third-order valence-corrected chi connectivity index (χ3v) is 4.27. The summed E-state index contributed by atoms with van der Waals surface area (Å²) in [6.45, 7) is 0. The summed E-state index contributed by atoms with van der Waals surface area (Å²) in [5.74, 6) is 0.251. The average molecular weight is 310 g/mol. The number of imidazole rings is 1. The highest BCUT2D eigenvalue weighted by atomic mass is 32.1. The summed E-state index contributed by atoms with van der Waals surface area (Å²) >= 11 is 1.50. The molecule has 0 saturated heterocycles. The van der Waals surface area contributed by atoms with E-state index in [9.17, 15) is 4.39 Å². The molecule has 2 N–H and O–H groups in total. The van der Waals surface area contributed by atoms with Crippen LogP contribution in [0.15, 0.2) is 54.0 Å². The molecule has 0 atom stereocenters. The summed E-state index contributed by atoms with van der Waals surface area (Å²) in [6.07, 6.45) is 1.74. The molecule has 0 fully saturated rings. The topological polar surface area (TPSA) is 56.2 Å². The summed E-state index contributed by atoms with van der Waals surface area (Å²) < 4.78 is 15.0. The van der Waals surface area contributed by atoms with Gasteiger partial charge in [0.1, 0.15) is 17.3 Å². The number of rotatable bonds is 2. The summed E-state index contributed by atoms with van der Waals surface area (Å²) in [7, 11) is 0. The molecule has 0 aliphatic heterocycles. The van der Waals surface area contributed by atoms with Gasteiger partial charge in [-0.15, -0.1) is 11.3 Å². The van der Waals surface area contributed by atoms with Gasteiger partial charge in [-0.2, -0.15) is 0 Å². The standard InChI is InChI=1S/C16H11FN4S/c17-11-6-4-10(5-7-11)14-15(18)21-13(9-22-16(21)20-14)12-3-1-2-8-19-12/h1-9H,18H2. The Morgan fingerprint density at radius 2 is 1.91 bits per heavy atom. The Morgan fingerprint density at radius 1 is 1.09 bits per heavy atom. The van der Waals surface area contributed by atoms with Crippen molar-refractivity contribution in [3.63, 3.8) is 0 Å². The van der Waals surface area contributed by atoms with Crippen LogP contribution in [0.1, 0.15) is 0 Å². The van der Waals surface area contributed by atoms with E-state index in [1.54, 1.807) is 18.3 Å². The predicted molar refractivity (Wildman–Crippen MR) is 86.1 cm³/mol. The zero-order valence-corrected chi connectivity index (χ0v) is 12.2. The van der Waals surface area contributed by atoms with E-state index in [0.29, 0.717) is 11.5 Å². The number of halogens is 1. The molecule has 0 saturated carbocycles. The van der Waals surface area contributed by atoms with E-state index in [1.165, 1.54) is 23.5 Å². The van der Waals surface area contributed by atoms with Crippen molar-refractivity contribution in [1.82, 2.24) is 14.4 Å². The fourth-order valence-corrected chi connectivity index (χ4v) is 3.28. The Balaban J connectivity index is 1.92. The van der Waals surface area contributed by atoms with Gasteiger partial charge in [0.2, 0.25) is 0 Å². The fourth-order valence-electron chi connectivity index (χ4n) is 2.39. The van der Waals surface area contributed by atoms with Crippen molar-refractivity contribution in [2.45, 2.75) is 0 Å². The van der Waals surface area contributed by atoms with E-state index in [1.807, 2.05) is 28.0 Å². The van der Waals surface area contributed by atoms with E-state index < -0.39 is 0 Å². The number of hydrogen-bond acceptors (Lipinski definition) is 4. The predicted octanol–water partition coefficient (Wildman–Crippen LogP) is 3.85. The first kappa shape index (κ1) is 13.0. The molecule has 0 bridgehead atoms. The maximum absolute atomic E-state index is 13.1. The molecule has 4 aromatic rings. The lowest BCUT2D eigenvalue weighted by Gasteiger charge is -2.02. The second-order valence-electron chi connectivity index (χ2n) is 4.81. The van der Waals surface area contributed by atoms with Crippen LogP contribution in [-0.2, 0) is 0 Å². The van der Waals surface area contributed by atoms with Crippen molar-refractivity contribution in [2.75, 3.05) is 5.73 Å². The van der Waals surface area contributed by atoms with Crippen molar-refractivity contribution >= 4 is 22.1 Å². The highest BCUT2D eigenvalue weighted by Crippen LogP contribution is 2.33. The highest BCUT2D eigenvalue weighted by molar-refractivity contribution is 7.15. The van der Waals surface area contributed by atoms with Crippen LogP contribution in [0.5, 0.6) is 0 Å². The SMILES string of the molecule is Nc1c(-c2ccc(F)cc2)nc2scc(-c3ccccn3)n12. The van der Waals surface area contributed by atoms with Crippen LogP contribution in [0.3, 0.4) is 0 Å². The lowest BCUT2D eigenvalue weighted by Crippen LogP contribution is -1.96. The molecule has 0 radical (unpaired) electrons. The van der Waals surface area contributed by atoms with Gasteiger partial charge in [0.25, 0.3) is 0 Å². The third kappa shape index (κ3) is 1.96. The number of pyridine rings is 1. The number of nitrogens with two attached hydrogens (primary N) is 1. The van der Waals surface area contributed by atoms with Crippen molar-refractivity contribution in [1.29, 1.82) is 0 Å². The third-order valence-electron chi connectivity index (χ3n) is 3.44. The van der Waals surface area contributed by atoms with Crippen LogP contribution in [0, 0.1) is 5.82 Å². The molecule has 4 nitrogen and oxygen atoms in total. The monoisotopic (exact) mass is 310 g/mol. The molecule has 0 amide bonds. The Labute approximate surface area is 129 Å². The Kier molecular flexibility index (Phi) is 2.90. The minimum Gasteiger partial charge on any atom is -0.383 e. The van der Waals surface area contributed by atoms with E-state index in [-0.39, 0.29) is 5.82 Å². The molecular weight excluding hydrogens is 299 g/mol. The number of thiazole rings is 1. The number of hydrogen-bond donors (Lipinski definition) is 1. The summed E-state index contributed by atoms with van der Waals surface area (Å²) in [5.41, 5.74) is 9.47. The van der Waals surface area contributed by atoms with Crippen LogP contribution in [0.25, 0.3) is 27.6 Å². The number of aromatic nitrogens is 3. The number of nitrogens with zero attached hydrogens (tertiary/aromatic N) is 3. The molecule has 0 aliphatic carbocycles. The zero-order valence-electron chi connectivity index (χ0n) is 11.4. The van der Waals surface area contributed by atoms with Crippen molar-refractivity contribution in [2.24, 2.45) is 0 Å². The van der Waals surface area contributed by atoms with Crippen LogP contribution in [-0.4, -0.2) is 14.4 Å². The quantitative estimate of drug-likeness (QED) is 0.612. The first-order valence-corrected chi connectivity index (χ1v) is 7.55. The maximum atomic E-state index is 13.1. The molecule has 0 unspecified atom stereocenters. The second-order valence-corrected chi connectivity index (χ2v) is 5.64. The van der Waals surface area contributed by atoms with E-state index in [0.717, 1.165) is 21.9 Å². The van der Waals surface area contributed by atoms with Gasteiger partial charge in [-0.3, -0.25) is 9.38 Å². The highest BCUT2D eigenvalue weighted by Gasteiger charge is 2.17. The number of anilines is 1. The van der Waals surface area contributed by atoms with Crippen LogP contribution >= 0.6 is 11.3 Å². The normalized spacial score (nSPS) is 11.1. The van der Waals surface area contributed by atoms with Crippen molar-refractivity contribution < 1.29 is 4.39 Å². The molecule has 1 aromatic carbocycles. The van der Waals surface area contributed by atoms with Gasteiger partial charge in [0, 0.05) is 17.1 Å². The van der Waals surface area contributed by atoms with Gasteiger partial charge in [-0.1, -0.05) is 6.07 Å². The second kappa shape index (κ2) is 4.92. The summed E-state index contributed by atoms with van der Waals surface area (Å²) in [4.78, 5) is 9.71. The van der Waals surface area contributed by atoms with Gasteiger partial charge >= 0.3 is 0 Å². The smallest absolute Gasteiger partial charge is 0.196 e. The van der Waals surface area contributed by atoms with Crippen LogP contribution < -0.4 is 5.73 Å². The Hall–Kier alpha value is -2.73. The zero-order chi connectivity index (χ0) is 15.1. The van der Waals surface area contributed by atoms with Crippen LogP contribution in [0.2, 0.25) is 0 Å². The van der Waals surface area contributed by atoms with E-state index in [2.05, 4.69) is 9.97 Å². The van der Waals surface area contributed by atoms with Crippen molar-refractivity contribution in [3.05, 3.63) is 59.9 Å². The minimum absolute atomic E-state index is 0.280. The molecule has 3 aromatic heterocycles. The van der Waals surface area contributed by atoms with Gasteiger partial charge < -0.3 is 5.73 Å². The number of nitrogen functional groups attached to an aromatic ring is 1. The largest absolute Gasteiger partial charge is 0.383 e. The van der Waals surface area contributed by atoms with E-state index >= 15 is 0 Å². The molecule has 3 heterocycles. The fraction of sp³-hybridized carbons (Fsp3) is 0. The molecule has 4 rings (SSSR count). The van der Waals surface area contributed by atoms with Gasteiger partial charge in [-0.05, 0) is 36.4 Å². The molecule has 22 heavy (non-hydrogen) atoms. The van der Waals surface area contributed by atoms with Crippen LogP contribution in [0.4, 0.5) is 10.2 Å². The van der Waals surface area contributed by atoms with Crippen molar-refractivity contribution in [3.8, 4) is 22.6 Å². The lowest BCUT2D eigenvalue weighted by molar-refractivity contribution is 0.628. The molecule has 0 spiro atoms. The molecule has 108 valence electrons. The van der Waals surface area contributed by atoms with E-state index in [4.69, 9.17) is 5.73 Å². The maximum Gasteiger partial charge on any atom is 0.196 e. The van der Waals surface area contributed by atoms with Gasteiger partial charge in [0.15, 0.2) is 4.96 Å². The number of benzene rings is 1. The Morgan fingerprint density at radius 3 is 2.64 bits per heavy atom. The first-order chi connectivity index (χ1) is 10.7. The number of fused-ring (bicyclic) bond motifs is 1.